The number of nitrogens with one attached hydrogen (secondary N) is 2. The van der Waals surface area contributed by atoms with E-state index in [1.54, 1.807) is 0 Å². The van der Waals surface area contributed by atoms with E-state index >= 15 is 0 Å². The molecule has 1 unspecified atom stereocenters. The van der Waals surface area contributed by atoms with Crippen molar-refractivity contribution in [2.45, 2.75) is 20.0 Å². The van der Waals surface area contributed by atoms with Gasteiger partial charge in [-0.25, -0.2) is 4.98 Å². The third kappa shape index (κ3) is 3.26. The van der Waals surface area contributed by atoms with Crippen molar-refractivity contribution < 1.29 is 9.53 Å². The summed E-state index contributed by atoms with van der Waals surface area (Å²) < 4.78 is 5.71. The molecule has 2 aromatic carbocycles. The van der Waals surface area contributed by atoms with Crippen molar-refractivity contribution >= 4 is 33.1 Å². The summed E-state index contributed by atoms with van der Waals surface area (Å²) in [6, 6.07) is 20.0. The molecule has 1 aliphatic heterocycles. The van der Waals surface area contributed by atoms with Gasteiger partial charge in [0.1, 0.15) is 27.5 Å². The first-order valence-electron chi connectivity index (χ1n) is 10.3. The van der Waals surface area contributed by atoms with Crippen LogP contribution in [0.25, 0.3) is 21.3 Å². The number of amides is 1. The summed E-state index contributed by atoms with van der Waals surface area (Å²) in [6.45, 7) is 4.27. The van der Waals surface area contributed by atoms with Crippen molar-refractivity contribution in [3.05, 3.63) is 76.2 Å². The predicted octanol–water partition coefficient (Wildman–Crippen LogP) is 5.40. The van der Waals surface area contributed by atoms with E-state index in [2.05, 4.69) is 21.7 Å². The molecule has 5 rings (SSSR count). The standard InChI is InChI=1S/C25H20N4O2S/c1-3-31-24-17(13-26)18(15-7-5-4-6-8-15)19-20-21(32-25(19)29-24)23(30)28-22(27-20)16-11-9-14(2)10-12-16/h4-12,22,27H,3H2,1-2H3,(H,28,30). The number of anilines is 1. The average Bonchev–Trinajstić information content (AvgIpc) is 3.18. The van der Waals surface area contributed by atoms with Crippen molar-refractivity contribution in [3.63, 3.8) is 0 Å². The maximum absolute atomic E-state index is 13.1. The Kier molecular flexibility index (Phi) is 5.00. The molecular formula is C25H20N4O2S. The van der Waals surface area contributed by atoms with Crippen LogP contribution in [0.3, 0.4) is 0 Å². The fourth-order valence-electron chi connectivity index (χ4n) is 3.95. The number of aromatic nitrogens is 1. The molecule has 32 heavy (non-hydrogen) atoms. The molecule has 0 aliphatic carbocycles. The molecule has 158 valence electrons. The molecule has 2 N–H and O–H groups in total. The Morgan fingerprint density at radius 2 is 1.88 bits per heavy atom. The number of nitriles is 1. The van der Waals surface area contributed by atoms with Gasteiger partial charge in [-0.05, 0) is 25.0 Å². The number of fused-ring (bicyclic) bond motifs is 3. The number of hydrogen-bond donors (Lipinski definition) is 2. The van der Waals surface area contributed by atoms with E-state index in [1.165, 1.54) is 11.3 Å². The van der Waals surface area contributed by atoms with Crippen LogP contribution in [-0.4, -0.2) is 17.5 Å². The van der Waals surface area contributed by atoms with Gasteiger partial charge in [0.25, 0.3) is 5.91 Å². The molecule has 3 heterocycles. The first-order valence-corrected chi connectivity index (χ1v) is 11.1. The van der Waals surface area contributed by atoms with E-state index in [4.69, 9.17) is 4.74 Å². The molecule has 2 aromatic heterocycles. The second-order valence-corrected chi connectivity index (χ2v) is 8.52. The van der Waals surface area contributed by atoms with Gasteiger partial charge in [-0.1, -0.05) is 60.2 Å². The third-order valence-electron chi connectivity index (χ3n) is 5.44. The lowest BCUT2D eigenvalue weighted by Gasteiger charge is -2.27. The Labute approximate surface area is 189 Å². The number of nitrogens with zero attached hydrogens (tertiary/aromatic N) is 2. The van der Waals surface area contributed by atoms with Gasteiger partial charge in [-0.3, -0.25) is 4.79 Å². The van der Waals surface area contributed by atoms with Gasteiger partial charge in [-0.15, -0.1) is 11.3 Å². The lowest BCUT2D eigenvalue weighted by atomic mass is 9.96. The van der Waals surface area contributed by atoms with E-state index in [-0.39, 0.29) is 18.0 Å². The van der Waals surface area contributed by atoms with E-state index in [0.29, 0.717) is 27.6 Å². The number of carbonyl (C=O) groups is 1. The van der Waals surface area contributed by atoms with Crippen LogP contribution in [0.1, 0.15) is 39.5 Å². The summed E-state index contributed by atoms with van der Waals surface area (Å²) in [5, 5.41) is 17.3. The van der Waals surface area contributed by atoms with Gasteiger partial charge in [0, 0.05) is 10.9 Å². The van der Waals surface area contributed by atoms with Crippen molar-refractivity contribution in [1.82, 2.24) is 10.3 Å². The number of aryl methyl sites for hydroxylation is 1. The Hall–Kier alpha value is -3.89. The van der Waals surface area contributed by atoms with Crippen molar-refractivity contribution in [1.29, 1.82) is 5.26 Å². The van der Waals surface area contributed by atoms with Gasteiger partial charge in [0.05, 0.1) is 12.3 Å². The van der Waals surface area contributed by atoms with Gasteiger partial charge < -0.3 is 15.4 Å². The zero-order valence-electron chi connectivity index (χ0n) is 17.6. The topological polar surface area (TPSA) is 87.0 Å². The number of thiophene rings is 1. The van der Waals surface area contributed by atoms with Crippen LogP contribution in [0.15, 0.2) is 54.6 Å². The summed E-state index contributed by atoms with van der Waals surface area (Å²) in [5.41, 5.74) is 4.77. The highest BCUT2D eigenvalue weighted by Gasteiger charge is 2.32. The van der Waals surface area contributed by atoms with Gasteiger partial charge in [-0.2, -0.15) is 5.26 Å². The molecule has 0 spiro atoms. The van der Waals surface area contributed by atoms with Crippen LogP contribution in [0.2, 0.25) is 0 Å². The Morgan fingerprint density at radius 3 is 2.56 bits per heavy atom. The minimum Gasteiger partial charge on any atom is -0.477 e. The first-order chi connectivity index (χ1) is 15.6. The van der Waals surface area contributed by atoms with E-state index in [1.807, 2.05) is 68.4 Å². The van der Waals surface area contributed by atoms with Gasteiger partial charge >= 0.3 is 0 Å². The molecule has 0 radical (unpaired) electrons. The lowest BCUT2D eigenvalue weighted by Crippen LogP contribution is -2.37. The number of hydrogen-bond acceptors (Lipinski definition) is 6. The molecular weight excluding hydrogens is 420 g/mol. The van der Waals surface area contributed by atoms with Crippen LogP contribution in [0.4, 0.5) is 5.69 Å². The van der Waals surface area contributed by atoms with Crippen molar-refractivity contribution in [2.75, 3.05) is 11.9 Å². The number of benzene rings is 2. The SMILES string of the molecule is CCOc1nc2sc3c(c2c(-c2ccccc2)c1C#N)NC(c1ccc(C)cc1)NC3=O. The maximum atomic E-state index is 13.1. The first kappa shape index (κ1) is 20.0. The number of pyridine rings is 1. The summed E-state index contributed by atoms with van der Waals surface area (Å²) in [5.74, 6) is 0.123. The predicted molar refractivity (Wildman–Crippen MR) is 126 cm³/mol. The van der Waals surface area contributed by atoms with E-state index in [9.17, 15) is 10.1 Å². The monoisotopic (exact) mass is 440 g/mol. The lowest BCUT2D eigenvalue weighted by molar-refractivity contribution is 0.0940. The quantitative estimate of drug-likeness (QED) is 0.444. The van der Waals surface area contributed by atoms with E-state index in [0.717, 1.165) is 27.6 Å². The highest BCUT2D eigenvalue weighted by molar-refractivity contribution is 7.21. The summed E-state index contributed by atoms with van der Waals surface area (Å²) in [4.78, 5) is 18.9. The Morgan fingerprint density at radius 1 is 1.12 bits per heavy atom. The maximum Gasteiger partial charge on any atom is 0.265 e. The second-order valence-electron chi connectivity index (χ2n) is 7.53. The third-order valence-corrected chi connectivity index (χ3v) is 6.53. The molecule has 4 aromatic rings. The minimum absolute atomic E-state index is 0.164. The number of ether oxygens (including phenoxy) is 1. The van der Waals surface area contributed by atoms with Gasteiger partial charge in [0.2, 0.25) is 5.88 Å². The summed E-state index contributed by atoms with van der Waals surface area (Å²) in [7, 11) is 0. The molecule has 1 atom stereocenters. The molecule has 7 heteroatoms. The minimum atomic E-state index is -0.380. The molecule has 1 aliphatic rings. The molecule has 0 bridgehead atoms. The number of carbonyl (C=O) groups excluding carboxylic acids is 1. The normalized spacial score (nSPS) is 14.9. The number of rotatable bonds is 4. The highest BCUT2D eigenvalue weighted by Crippen LogP contribution is 2.47. The summed E-state index contributed by atoms with van der Waals surface area (Å²) in [6.07, 6.45) is -0.380. The highest BCUT2D eigenvalue weighted by atomic mass is 32.1. The fourth-order valence-corrected chi connectivity index (χ4v) is 4.99. The summed E-state index contributed by atoms with van der Waals surface area (Å²) >= 11 is 1.30. The molecule has 0 saturated carbocycles. The molecule has 1 amide bonds. The van der Waals surface area contributed by atoms with Gasteiger partial charge in [0.15, 0.2) is 0 Å². The van der Waals surface area contributed by atoms with E-state index < -0.39 is 0 Å². The van der Waals surface area contributed by atoms with Crippen LogP contribution >= 0.6 is 11.3 Å². The van der Waals surface area contributed by atoms with Crippen molar-refractivity contribution in [3.8, 4) is 23.1 Å². The largest absolute Gasteiger partial charge is 0.477 e. The van der Waals surface area contributed by atoms with Crippen LogP contribution in [-0.2, 0) is 0 Å². The van der Waals surface area contributed by atoms with Crippen molar-refractivity contribution in [2.24, 2.45) is 0 Å². The molecule has 0 fully saturated rings. The second kappa shape index (κ2) is 7.98. The smallest absolute Gasteiger partial charge is 0.265 e. The zero-order valence-corrected chi connectivity index (χ0v) is 18.4. The molecule has 0 saturated heterocycles. The average molecular weight is 441 g/mol. The Bertz CT molecular complexity index is 1370. The molecule has 6 nitrogen and oxygen atoms in total. The Balaban J connectivity index is 1.77. The van der Waals surface area contributed by atoms with Crippen LogP contribution in [0, 0.1) is 18.3 Å². The van der Waals surface area contributed by atoms with Crippen LogP contribution in [0.5, 0.6) is 5.88 Å². The zero-order chi connectivity index (χ0) is 22.2. The van der Waals surface area contributed by atoms with Crippen LogP contribution < -0.4 is 15.4 Å². The fraction of sp³-hybridized carbons (Fsp3) is 0.160.